The Balaban J connectivity index is 2.08. The average molecular weight is 640 g/mol. The standard InChI is InChI=1S/C32H51BrN2O6/c1-10-12-13-14-16-40-29(39)23-24-27(37)35(22(18-36)20(3)4)26(32(24)17-21(33)25(23)41-32)28(38)34(15-11-2)31(8,9)19-30(5,6)7/h10-11,20-26,36H,1-2,12-19H2,3-9H3/t21?,22-,23+,24-,25+,26?,32?/m0/s1. The van der Waals surface area contributed by atoms with Gasteiger partial charge in [0, 0.05) is 16.9 Å². The number of carbonyl (C=O) groups excluding carboxylic acids is 3. The first-order chi connectivity index (χ1) is 19.1. The first-order valence-corrected chi connectivity index (χ1v) is 15.9. The smallest absolute Gasteiger partial charge is 0.312 e. The number of carbonyl (C=O) groups is 3. The van der Waals surface area contributed by atoms with E-state index < -0.39 is 47.1 Å². The minimum absolute atomic E-state index is 0.0649. The van der Waals surface area contributed by atoms with Crippen LogP contribution in [-0.2, 0) is 23.9 Å². The van der Waals surface area contributed by atoms with Gasteiger partial charge in [-0.2, -0.15) is 0 Å². The summed E-state index contributed by atoms with van der Waals surface area (Å²) in [6.45, 7) is 22.2. The Morgan fingerprint density at radius 1 is 1.22 bits per heavy atom. The number of unbranched alkanes of at least 4 members (excludes halogenated alkanes) is 2. The zero-order valence-electron chi connectivity index (χ0n) is 26.0. The lowest BCUT2D eigenvalue weighted by Gasteiger charge is -2.47. The Morgan fingerprint density at radius 3 is 2.41 bits per heavy atom. The van der Waals surface area contributed by atoms with E-state index in [0.717, 1.165) is 19.3 Å². The van der Waals surface area contributed by atoms with Gasteiger partial charge in [-0.25, -0.2) is 0 Å². The minimum atomic E-state index is -1.21. The number of amides is 2. The van der Waals surface area contributed by atoms with Crippen molar-refractivity contribution in [1.82, 2.24) is 9.80 Å². The van der Waals surface area contributed by atoms with E-state index in [-0.39, 0.29) is 41.2 Å². The lowest BCUT2D eigenvalue weighted by atomic mass is 9.70. The van der Waals surface area contributed by atoms with Gasteiger partial charge in [-0.05, 0) is 57.3 Å². The summed E-state index contributed by atoms with van der Waals surface area (Å²) in [4.78, 5) is 45.9. The molecular formula is C32H51BrN2O6. The van der Waals surface area contributed by atoms with Crippen LogP contribution in [0.15, 0.2) is 25.3 Å². The predicted molar refractivity (Wildman–Crippen MR) is 163 cm³/mol. The van der Waals surface area contributed by atoms with Gasteiger partial charge in [0.15, 0.2) is 0 Å². The highest BCUT2D eigenvalue weighted by Gasteiger charge is 2.78. The number of ether oxygens (including phenoxy) is 2. The van der Waals surface area contributed by atoms with Gasteiger partial charge in [0.1, 0.15) is 11.6 Å². The highest BCUT2D eigenvalue weighted by Crippen LogP contribution is 2.61. The van der Waals surface area contributed by atoms with Gasteiger partial charge in [-0.1, -0.05) is 62.7 Å². The summed E-state index contributed by atoms with van der Waals surface area (Å²) in [5, 5.41) is 10.5. The summed E-state index contributed by atoms with van der Waals surface area (Å²) in [6, 6.07) is -1.60. The molecule has 0 aromatic rings. The SMILES string of the molecule is C=CCCCCOC(=O)[C@H]1[C@@H]2OC3(CC2Br)C(C(=O)N(CC=C)C(C)(C)CC(C)(C)C)N([C@@H](CO)C(C)C)C(=O)[C@H]13. The minimum Gasteiger partial charge on any atom is -0.465 e. The van der Waals surface area contributed by atoms with Crippen molar-refractivity contribution in [2.75, 3.05) is 19.8 Å². The Bertz CT molecular complexity index is 1010. The summed E-state index contributed by atoms with van der Waals surface area (Å²) in [6.07, 6.45) is 6.47. The monoisotopic (exact) mass is 638 g/mol. The molecule has 1 N–H and O–H groups in total. The lowest BCUT2D eigenvalue weighted by molar-refractivity contribution is -0.158. The van der Waals surface area contributed by atoms with Gasteiger partial charge in [-0.15, -0.1) is 13.2 Å². The molecule has 9 heteroatoms. The molecule has 3 aliphatic heterocycles. The number of rotatable bonds is 14. The second-order valence-electron chi connectivity index (χ2n) is 14.1. The van der Waals surface area contributed by atoms with Crippen molar-refractivity contribution in [2.45, 2.75) is 115 Å². The second kappa shape index (κ2) is 12.9. The Hall–Kier alpha value is -1.71. The molecule has 0 aromatic heterocycles. The number of aliphatic hydroxyl groups excluding tert-OH is 1. The van der Waals surface area contributed by atoms with Crippen LogP contribution in [0.5, 0.6) is 0 Å². The third-order valence-corrected chi connectivity index (χ3v) is 9.71. The third-order valence-electron chi connectivity index (χ3n) is 8.87. The van der Waals surface area contributed by atoms with Crippen molar-refractivity contribution in [3.63, 3.8) is 0 Å². The Labute approximate surface area is 255 Å². The van der Waals surface area contributed by atoms with Crippen LogP contribution in [0.25, 0.3) is 0 Å². The quantitative estimate of drug-likeness (QED) is 0.126. The molecule has 3 fully saturated rings. The largest absolute Gasteiger partial charge is 0.465 e. The predicted octanol–water partition coefficient (Wildman–Crippen LogP) is 4.88. The van der Waals surface area contributed by atoms with Crippen molar-refractivity contribution in [2.24, 2.45) is 23.2 Å². The molecule has 3 heterocycles. The average Bonchev–Trinajstić information content (AvgIpc) is 3.44. The van der Waals surface area contributed by atoms with Crippen molar-refractivity contribution >= 4 is 33.7 Å². The number of halogens is 1. The number of esters is 1. The fourth-order valence-corrected chi connectivity index (χ4v) is 8.50. The van der Waals surface area contributed by atoms with Crippen LogP contribution in [0, 0.1) is 23.2 Å². The van der Waals surface area contributed by atoms with Gasteiger partial charge in [0.05, 0.1) is 37.2 Å². The van der Waals surface area contributed by atoms with E-state index >= 15 is 0 Å². The molecule has 0 aliphatic carbocycles. The maximum absolute atomic E-state index is 14.8. The highest BCUT2D eigenvalue weighted by atomic mass is 79.9. The van der Waals surface area contributed by atoms with Gasteiger partial charge in [-0.3, -0.25) is 14.4 Å². The fraction of sp³-hybridized carbons (Fsp3) is 0.781. The van der Waals surface area contributed by atoms with Crippen LogP contribution < -0.4 is 0 Å². The first kappa shape index (κ1) is 33.8. The molecule has 3 rings (SSSR count). The van der Waals surface area contributed by atoms with Crippen molar-refractivity contribution in [3.05, 3.63) is 25.3 Å². The fourth-order valence-electron chi connectivity index (χ4n) is 7.56. The molecule has 2 bridgehead atoms. The first-order valence-electron chi connectivity index (χ1n) is 15.0. The number of likely N-dealkylation sites (tertiary alicyclic amines) is 1. The van der Waals surface area contributed by atoms with Crippen molar-refractivity contribution < 1.29 is 29.0 Å². The molecule has 8 nitrogen and oxygen atoms in total. The molecule has 7 atom stereocenters. The molecule has 232 valence electrons. The maximum Gasteiger partial charge on any atom is 0.312 e. The Morgan fingerprint density at radius 2 is 1.88 bits per heavy atom. The summed E-state index contributed by atoms with van der Waals surface area (Å²) in [7, 11) is 0. The van der Waals surface area contributed by atoms with Crippen molar-refractivity contribution in [3.8, 4) is 0 Å². The molecule has 0 radical (unpaired) electrons. The topological polar surface area (TPSA) is 96.4 Å². The summed E-state index contributed by atoms with van der Waals surface area (Å²) < 4.78 is 12.3. The van der Waals surface area contributed by atoms with E-state index in [9.17, 15) is 19.5 Å². The molecular weight excluding hydrogens is 588 g/mol. The number of aliphatic hydroxyl groups is 1. The van der Waals surface area contributed by atoms with Crippen LogP contribution in [0.4, 0.5) is 0 Å². The molecule has 1 spiro atoms. The normalized spacial score (nSPS) is 30.0. The van der Waals surface area contributed by atoms with E-state index in [2.05, 4.69) is 49.9 Å². The summed E-state index contributed by atoms with van der Waals surface area (Å²) in [5.41, 5.74) is -1.84. The summed E-state index contributed by atoms with van der Waals surface area (Å²) in [5.74, 6) is -2.85. The molecule has 0 aromatic carbocycles. The van der Waals surface area contributed by atoms with Gasteiger partial charge < -0.3 is 24.4 Å². The zero-order chi connectivity index (χ0) is 30.9. The van der Waals surface area contributed by atoms with E-state index in [1.807, 2.05) is 33.8 Å². The number of allylic oxidation sites excluding steroid dienone is 1. The lowest BCUT2D eigenvalue weighted by Crippen LogP contribution is -2.63. The van der Waals surface area contributed by atoms with E-state index in [1.54, 1.807) is 15.9 Å². The highest BCUT2D eigenvalue weighted by molar-refractivity contribution is 9.09. The summed E-state index contributed by atoms with van der Waals surface area (Å²) >= 11 is 3.72. The molecule has 0 saturated carbocycles. The van der Waals surface area contributed by atoms with Crippen LogP contribution in [0.2, 0.25) is 0 Å². The third kappa shape index (κ3) is 6.47. The zero-order valence-corrected chi connectivity index (χ0v) is 27.6. The van der Waals surface area contributed by atoms with Crippen LogP contribution >= 0.6 is 15.9 Å². The molecule has 3 aliphatic rings. The molecule has 2 amide bonds. The van der Waals surface area contributed by atoms with Crippen LogP contribution in [0.3, 0.4) is 0 Å². The van der Waals surface area contributed by atoms with Crippen LogP contribution in [-0.4, -0.2) is 86.6 Å². The van der Waals surface area contributed by atoms with Gasteiger partial charge >= 0.3 is 5.97 Å². The molecule has 3 unspecified atom stereocenters. The number of hydrogen-bond acceptors (Lipinski definition) is 6. The van der Waals surface area contributed by atoms with E-state index in [4.69, 9.17) is 9.47 Å². The Kier molecular flexibility index (Phi) is 10.6. The van der Waals surface area contributed by atoms with E-state index in [1.165, 1.54) is 0 Å². The number of hydrogen-bond donors (Lipinski definition) is 1. The molecule has 3 saturated heterocycles. The van der Waals surface area contributed by atoms with Crippen LogP contribution in [0.1, 0.15) is 80.6 Å². The number of nitrogens with zero attached hydrogens (tertiary/aromatic N) is 2. The van der Waals surface area contributed by atoms with Gasteiger partial charge in [0.2, 0.25) is 11.8 Å². The maximum atomic E-state index is 14.8. The van der Waals surface area contributed by atoms with Gasteiger partial charge in [0.25, 0.3) is 0 Å². The molecule has 41 heavy (non-hydrogen) atoms. The number of alkyl halides is 1. The number of fused-ring (bicyclic) bond motifs is 1. The second-order valence-corrected chi connectivity index (χ2v) is 15.3. The van der Waals surface area contributed by atoms with Crippen molar-refractivity contribution in [1.29, 1.82) is 0 Å². The van der Waals surface area contributed by atoms with E-state index in [0.29, 0.717) is 19.4 Å².